The Morgan fingerprint density at radius 3 is 0.794 bits per heavy atom. The first-order valence-electron chi connectivity index (χ1n) is 11.0. The van der Waals surface area contributed by atoms with Crippen LogP contribution in [-0.2, 0) is 11.2 Å². The van der Waals surface area contributed by atoms with Crippen LogP contribution in [0.5, 0.6) is 0 Å². The van der Waals surface area contributed by atoms with Crippen molar-refractivity contribution in [1.82, 2.24) is 0 Å². The Hall–Kier alpha value is -4.12. The minimum absolute atomic E-state index is 0.120. The van der Waals surface area contributed by atoms with E-state index in [9.17, 15) is 19.8 Å². The number of benzene rings is 4. The second-order valence-electron chi connectivity index (χ2n) is 8.29. The van der Waals surface area contributed by atoms with Crippen molar-refractivity contribution in [2.75, 3.05) is 0 Å². The van der Waals surface area contributed by atoms with Gasteiger partial charge in [-0.2, -0.15) is 0 Å². The summed E-state index contributed by atoms with van der Waals surface area (Å²) in [6, 6.07) is 35.0. The Kier molecular flexibility index (Phi) is 5.33. The van der Waals surface area contributed by atoms with Gasteiger partial charge in [0.25, 0.3) is 0 Å². The summed E-state index contributed by atoms with van der Waals surface area (Å²) in [6.07, 6.45) is 0. The Labute approximate surface area is 196 Å². The Morgan fingerprint density at radius 2 is 0.588 bits per heavy atom. The molecular weight excluding hydrogens is 424 g/mol. The van der Waals surface area contributed by atoms with E-state index in [1.54, 1.807) is 97.1 Å². The fourth-order valence-electron chi connectivity index (χ4n) is 4.71. The molecule has 166 valence electrons. The lowest BCUT2D eigenvalue weighted by atomic mass is 9.68. The van der Waals surface area contributed by atoms with Crippen LogP contribution >= 0.6 is 0 Å². The van der Waals surface area contributed by atoms with Crippen LogP contribution in [0.15, 0.2) is 131 Å². The van der Waals surface area contributed by atoms with Crippen molar-refractivity contribution in [3.8, 4) is 0 Å². The molecule has 0 unspecified atom stereocenters. The van der Waals surface area contributed by atoms with Crippen LogP contribution in [0.3, 0.4) is 0 Å². The molecule has 5 aromatic carbocycles. The maximum atomic E-state index is 13.2. The van der Waals surface area contributed by atoms with Crippen LogP contribution in [0.4, 0.5) is 0 Å². The SMILES string of the molecule is O=c1c(C(O)(c2ccccc2)c2ccccc2)c(C(O)(c2ccccc2)c2ccccc2)c1=O. The van der Waals surface area contributed by atoms with Gasteiger partial charge in [0.05, 0.1) is 11.1 Å². The minimum atomic E-state index is -1.93. The molecule has 4 nitrogen and oxygen atoms in total. The van der Waals surface area contributed by atoms with Gasteiger partial charge in [-0.1, -0.05) is 121 Å². The fraction of sp³-hybridized carbons (Fsp3) is 0.0667. The molecule has 0 heterocycles. The van der Waals surface area contributed by atoms with Gasteiger partial charge in [-0.3, -0.25) is 9.59 Å². The summed E-state index contributed by atoms with van der Waals surface area (Å²) in [6.45, 7) is 0. The van der Waals surface area contributed by atoms with Gasteiger partial charge in [-0.25, -0.2) is 0 Å². The second kappa shape index (κ2) is 8.34. The third-order valence-corrected chi connectivity index (χ3v) is 6.40. The van der Waals surface area contributed by atoms with Crippen LogP contribution in [0, 0.1) is 0 Å². The van der Waals surface area contributed by atoms with E-state index >= 15 is 0 Å². The summed E-state index contributed by atoms with van der Waals surface area (Å²) < 4.78 is 0. The fourth-order valence-corrected chi connectivity index (χ4v) is 4.71. The summed E-state index contributed by atoms with van der Waals surface area (Å²) >= 11 is 0. The zero-order valence-electron chi connectivity index (χ0n) is 18.3. The maximum Gasteiger partial charge on any atom is 0.233 e. The van der Waals surface area contributed by atoms with Crippen LogP contribution < -0.4 is 10.9 Å². The van der Waals surface area contributed by atoms with Gasteiger partial charge in [0, 0.05) is 0 Å². The lowest BCUT2D eigenvalue weighted by Gasteiger charge is -2.38. The topological polar surface area (TPSA) is 74.6 Å². The van der Waals surface area contributed by atoms with Gasteiger partial charge in [0.2, 0.25) is 10.9 Å². The van der Waals surface area contributed by atoms with Crippen LogP contribution in [0.1, 0.15) is 33.4 Å². The van der Waals surface area contributed by atoms with E-state index in [1.807, 2.05) is 24.3 Å². The van der Waals surface area contributed by atoms with Crippen molar-refractivity contribution in [2.24, 2.45) is 0 Å². The summed E-state index contributed by atoms with van der Waals surface area (Å²) in [7, 11) is 0. The highest BCUT2D eigenvalue weighted by atomic mass is 16.3. The van der Waals surface area contributed by atoms with Gasteiger partial charge >= 0.3 is 0 Å². The smallest absolute Gasteiger partial charge is 0.233 e. The normalized spacial score (nSPS) is 12.1. The zero-order valence-corrected chi connectivity index (χ0v) is 18.3. The zero-order chi connectivity index (χ0) is 23.8. The Morgan fingerprint density at radius 1 is 0.382 bits per heavy atom. The monoisotopic (exact) mass is 446 g/mol. The maximum absolute atomic E-state index is 13.2. The van der Waals surface area contributed by atoms with Crippen molar-refractivity contribution >= 4 is 0 Å². The van der Waals surface area contributed by atoms with Gasteiger partial charge in [0.1, 0.15) is 11.2 Å². The predicted octanol–water partition coefficient (Wildman–Crippen LogP) is 3.85. The lowest BCUT2D eigenvalue weighted by Crippen LogP contribution is -2.54. The highest BCUT2D eigenvalue weighted by Gasteiger charge is 2.50. The molecule has 0 aliphatic heterocycles. The lowest BCUT2D eigenvalue weighted by molar-refractivity contribution is 0.0946. The second-order valence-corrected chi connectivity index (χ2v) is 8.29. The van der Waals surface area contributed by atoms with Crippen molar-refractivity contribution in [2.45, 2.75) is 11.2 Å². The molecule has 5 rings (SSSR count). The Balaban J connectivity index is 1.87. The predicted molar refractivity (Wildman–Crippen MR) is 131 cm³/mol. The Bertz CT molecular complexity index is 1290. The van der Waals surface area contributed by atoms with E-state index in [0.717, 1.165) is 0 Å². The molecule has 0 fully saturated rings. The molecule has 0 spiro atoms. The quantitative estimate of drug-likeness (QED) is 0.389. The molecule has 4 heteroatoms. The van der Waals surface area contributed by atoms with Crippen molar-refractivity contribution in [1.29, 1.82) is 0 Å². The highest BCUT2D eigenvalue weighted by Crippen LogP contribution is 2.43. The van der Waals surface area contributed by atoms with E-state index in [-0.39, 0.29) is 11.1 Å². The van der Waals surface area contributed by atoms with Gasteiger partial charge in [-0.05, 0) is 22.3 Å². The molecule has 0 atom stereocenters. The molecular formula is C30H22O4. The third kappa shape index (κ3) is 3.16. The molecule has 0 saturated heterocycles. The van der Waals surface area contributed by atoms with E-state index in [4.69, 9.17) is 0 Å². The van der Waals surface area contributed by atoms with Crippen LogP contribution in [0.25, 0.3) is 0 Å². The average molecular weight is 447 g/mol. The largest absolute Gasteiger partial charge is 0.376 e. The molecule has 0 bridgehead atoms. The first kappa shape index (κ1) is 21.7. The molecule has 0 aromatic heterocycles. The van der Waals surface area contributed by atoms with E-state index in [0.29, 0.717) is 22.3 Å². The number of rotatable bonds is 6. The molecule has 0 radical (unpaired) electrons. The average Bonchev–Trinajstić information content (AvgIpc) is 2.92. The van der Waals surface area contributed by atoms with E-state index < -0.39 is 22.1 Å². The summed E-state index contributed by atoms with van der Waals surface area (Å²) in [4.78, 5) is 26.4. The van der Waals surface area contributed by atoms with Crippen molar-refractivity contribution in [3.05, 3.63) is 175 Å². The van der Waals surface area contributed by atoms with Gasteiger partial charge in [0.15, 0.2) is 0 Å². The molecule has 34 heavy (non-hydrogen) atoms. The summed E-state index contributed by atoms with van der Waals surface area (Å²) in [5, 5.41) is 24.5. The molecule has 0 aliphatic carbocycles. The molecule has 0 saturated carbocycles. The molecule has 2 N–H and O–H groups in total. The van der Waals surface area contributed by atoms with Gasteiger partial charge < -0.3 is 10.2 Å². The first-order chi connectivity index (χ1) is 16.5. The summed E-state index contributed by atoms with van der Waals surface area (Å²) in [5.74, 6) is 0. The molecule has 5 aromatic rings. The van der Waals surface area contributed by atoms with Crippen LogP contribution in [-0.4, -0.2) is 10.2 Å². The molecule has 0 aliphatic rings. The van der Waals surface area contributed by atoms with Crippen molar-refractivity contribution in [3.63, 3.8) is 0 Å². The first-order valence-corrected chi connectivity index (χ1v) is 11.0. The van der Waals surface area contributed by atoms with E-state index in [1.165, 1.54) is 0 Å². The van der Waals surface area contributed by atoms with Crippen molar-refractivity contribution < 1.29 is 10.2 Å². The number of hydrogen-bond donors (Lipinski definition) is 2. The molecule has 0 amide bonds. The minimum Gasteiger partial charge on any atom is -0.376 e. The van der Waals surface area contributed by atoms with Gasteiger partial charge in [-0.15, -0.1) is 0 Å². The third-order valence-electron chi connectivity index (χ3n) is 6.40. The summed E-state index contributed by atoms with van der Waals surface area (Å²) in [5.41, 5.74) is -4.01. The van der Waals surface area contributed by atoms with E-state index in [2.05, 4.69) is 0 Å². The number of aliphatic hydroxyl groups is 2. The standard InChI is InChI=1S/C30H22O4/c31-27-25(29(33,21-13-5-1-6-14-21)22-15-7-2-8-16-22)26(28(27)32)30(34,23-17-9-3-10-18-23)24-19-11-4-12-20-24/h1-20,33-34H. The van der Waals surface area contributed by atoms with Crippen LogP contribution in [0.2, 0.25) is 0 Å². The number of hydrogen-bond acceptors (Lipinski definition) is 4. The highest BCUT2D eigenvalue weighted by molar-refractivity contribution is 5.59.